The number of hydrogen-bond acceptors (Lipinski definition) is 10. The van der Waals surface area contributed by atoms with Crippen molar-refractivity contribution < 1.29 is 36.0 Å². The number of aliphatic hydroxyl groups excluding tert-OH is 1. The first-order valence-electron chi connectivity index (χ1n) is 12.2. The average Bonchev–Trinajstić information content (AvgIpc) is 3.43. The number of ether oxygens (including phenoxy) is 1. The number of benzene rings is 1. The molecule has 0 spiro atoms. The number of ketones is 1. The number of nitrogens with two attached hydrogens (primary N) is 1. The summed E-state index contributed by atoms with van der Waals surface area (Å²) in [5.74, 6) is -3.80. The molecule has 0 amide bonds. The van der Waals surface area contributed by atoms with Crippen LogP contribution in [-0.4, -0.2) is 54.6 Å². The third kappa shape index (κ3) is 6.03. The standard InChI is InChI=1S/C25H25ClF2N4O6S2/c1-12-16(23-17-5-14(26)2-3-19(17)25(27,28)10-37-23)7-21(39-12)22(34)18-8-30-11-31-24(18)32-15-4-13(20(33)6-15)9-38-40(29,35)36/h2-3,5,7-8,11,13,15,20,23,33H,4,6,9-10H2,1H3,(H2,29,35,36)(H,30,31,32)/t13-,15-,20+,23-/m1/s1. The fourth-order valence-electron chi connectivity index (χ4n) is 5.08. The molecule has 2 aromatic heterocycles. The number of thiophene rings is 1. The van der Waals surface area contributed by atoms with Crippen LogP contribution in [0.3, 0.4) is 0 Å². The second-order valence-electron chi connectivity index (χ2n) is 9.78. The number of rotatable bonds is 8. The van der Waals surface area contributed by atoms with Crippen molar-refractivity contribution in [1.29, 1.82) is 0 Å². The van der Waals surface area contributed by atoms with Crippen molar-refractivity contribution >= 4 is 44.8 Å². The summed E-state index contributed by atoms with van der Waals surface area (Å²) in [6.07, 6.45) is 1.58. The summed E-state index contributed by atoms with van der Waals surface area (Å²) in [5, 5.41) is 18.7. The normalized spacial score (nSPS) is 24.1. The van der Waals surface area contributed by atoms with Crippen LogP contribution in [0.5, 0.6) is 0 Å². The van der Waals surface area contributed by atoms with Gasteiger partial charge in [0.1, 0.15) is 24.9 Å². The number of nitrogens with one attached hydrogen (secondary N) is 1. The number of anilines is 1. The summed E-state index contributed by atoms with van der Waals surface area (Å²) >= 11 is 7.31. The van der Waals surface area contributed by atoms with Crippen molar-refractivity contribution in [3.8, 4) is 0 Å². The first kappa shape index (κ1) is 28.9. The number of hydrogen-bond donors (Lipinski definition) is 3. The Morgan fingerprint density at radius 3 is 2.85 bits per heavy atom. The Morgan fingerprint density at radius 2 is 2.10 bits per heavy atom. The van der Waals surface area contributed by atoms with Gasteiger partial charge in [0.2, 0.25) is 5.78 Å². The van der Waals surface area contributed by atoms with Gasteiger partial charge in [-0.05, 0) is 49.1 Å². The third-order valence-corrected chi connectivity index (χ3v) is 8.75. The molecule has 1 aliphatic carbocycles. The lowest BCUT2D eigenvalue weighted by Gasteiger charge is -2.32. The predicted octanol–water partition coefficient (Wildman–Crippen LogP) is 3.71. The van der Waals surface area contributed by atoms with Gasteiger partial charge < -0.3 is 15.2 Å². The number of carbonyl (C=O) groups is 1. The maximum atomic E-state index is 14.5. The molecular weight excluding hydrogens is 590 g/mol. The maximum absolute atomic E-state index is 14.5. The summed E-state index contributed by atoms with van der Waals surface area (Å²) in [5.41, 5.74) is 0.833. The number of halogens is 3. The van der Waals surface area contributed by atoms with E-state index in [1.165, 1.54) is 42.1 Å². The Morgan fingerprint density at radius 1 is 1.32 bits per heavy atom. The van der Waals surface area contributed by atoms with Crippen molar-refractivity contribution in [1.82, 2.24) is 9.97 Å². The van der Waals surface area contributed by atoms with E-state index in [4.69, 9.17) is 21.5 Å². The van der Waals surface area contributed by atoms with Crippen LogP contribution in [0.25, 0.3) is 0 Å². The van der Waals surface area contributed by atoms with E-state index >= 15 is 0 Å². The first-order chi connectivity index (χ1) is 18.8. The summed E-state index contributed by atoms with van der Waals surface area (Å²) in [4.78, 5) is 22.8. The molecule has 3 aromatic rings. The SMILES string of the molecule is Cc1sc(C(=O)c2cncnc2N[C@@H]2C[C@H](COS(N)(=O)=O)[C@@H](O)C2)cc1[C@H]1OCC(F)(F)c2ccc(Cl)cc21. The van der Waals surface area contributed by atoms with Gasteiger partial charge in [-0.3, -0.25) is 8.98 Å². The highest BCUT2D eigenvalue weighted by Crippen LogP contribution is 2.46. The molecular formula is C25H25ClF2N4O6S2. The van der Waals surface area contributed by atoms with Crippen LogP contribution in [0.4, 0.5) is 14.6 Å². The molecule has 10 nitrogen and oxygen atoms in total. The van der Waals surface area contributed by atoms with E-state index in [2.05, 4.69) is 19.5 Å². The van der Waals surface area contributed by atoms with Crippen molar-refractivity contribution in [2.45, 2.75) is 43.9 Å². The minimum atomic E-state index is -4.14. The molecule has 3 heterocycles. The fraction of sp³-hybridized carbons (Fsp3) is 0.400. The quantitative estimate of drug-likeness (QED) is 0.322. The second-order valence-corrected chi connectivity index (χ2v) is 12.7. The third-order valence-electron chi connectivity index (χ3n) is 6.99. The number of aromatic nitrogens is 2. The van der Waals surface area contributed by atoms with Crippen molar-refractivity contribution in [3.63, 3.8) is 0 Å². The molecule has 0 saturated heterocycles. The predicted molar refractivity (Wildman–Crippen MR) is 143 cm³/mol. The molecule has 15 heteroatoms. The Balaban J connectivity index is 1.37. The Labute approximate surface area is 237 Å². The number of carbonyl (C=O) groups excluding carboxylic acids is 1. The minimum absolute atomic E-state index is 0.166. The van der Waals surface area contributed by atoms with Crippen molar-refractivity contribution in [2.75, 3.05) is 18.5 Å². The summed E-state index contributed by atoms with van der Waals surface area (Å²) < 4.78 is 61.5. The van der Waals surface area contributed by atoms with E-state index in [1.54, 1.807) is 13.0 Å². The van der Waals surface area contributed by atoms with E-state index in [9.17, 15) is 27.1 Å². The molecule has 1 fully saturated rings. The highest BCUT2D eigenvalue weighted by atomic mass is 35.5. The minimum Gasteiger partial charge on any atom is -0.393 e. The Hall–Kier alpha value is -2.59. The molecule has 214 valence electrons. The summed E-state index contributed by atoms with van der Waals surface area (Å²) in [6, 6.07) is 5.46. The molecule has 0 bridgehead atoms. The van der Waals surface area contributed by atoms with E-state index in [1.807, 2.05) is 0 Å². The van der Waals surface area contributed by atoms with E-state index in [0.717, 1.165) is 0 Å². The second kappa shape index (κ2) is 11.0. The van der Waals surface area contributed by atoms with Gasteiger partial charge in [0.05, 0.1) is 23.2 Å². The lowest BCUT2D eigenvalue weighted by atomic mass is 9.91. The molecule has 2 aliphatic rings. The Bertz CT molecular complexity index is 1550. The topological polar surface area (TPSA) is 154 Å². The Kier molecular flexibility index (Phi) is 7.96. The highest BCUT2D eigenvalue weighted by Gasteiger charge is 2.43. The molecule has 1 saturated carbocycles. The van der Waals surface area contributed by atoms with Crippen LogP contribution >= 0.6 is 22.9 Å². The molecule has 5 rings (SSSR count). The number of aryl methyl sites for hydroxylation is 1. The monoisotopic (exact) mass is 614 g/mol. The van der Waals surface area contributed by atoms with Crippen LogP contribution in [0.1, 0.15) is 55.7 Å². The molecule has 4 N–H and O–H groups in total. The van der Waals surface area contributed by atoms with Crippen LogP contribution in [0.2, 0.25) is 5.02 Å². The number of nitrogens with zero attached hydrogens (tertiary/aromatic N) is 2. The van der Waals surface area contributed by atoms with Crippen LogP contribution in [0.15, 0.2) is 36.8 Å². The van der Waals surface area contributed by atoms with Gasteiger partial charge in [0.25, 0.3) is 5.92 Å². The smallest absolute Gasteiger partial charge is 0.333 e. The average molecular weight is 615 g/mol. The zero-order valence-corrected chi connectivity index (χ0v) is 23.4. The zero-order valence-electron chi connectivity index (χ0n) is 21.0. The lowest BCUT2D eigenvalue weighted by Crippen LogP contribution is -2.31. The van der Waals surface area contributed by atoms with Gasteiger partial charge in [0, 0.05) is 33.6 Å². The molecule has 40 heavy (non-hydrogen) atoms. The lowest BCUT2D eigenvalue weighted by molar-refractivity contribution is -0.115. The van der Waals surface area contributed by atoms with Crippen LogP contribution in [0, 0.1) is 12.8 Å². The number of aliphatic hydroxyl groups is 1. The van der Waals surface area contributed by atoms with Gasteiger partial charge in [-0.2, -0.15) is 17.2 Å². The first-order valence-corrected chi connectivity index (χ1v) is 14.8. The molecule has 1 aromatic carbocycles. The zero-order chi connectivity index (χ0) is 28.8. The molecule has 4 atom stereocenters. The van der Waals surface area contributed by atoms with E-state index < -0.39 is 41.0 Å². The number of fused-ring (bicyclic) bond motifs is 1. The highest BCUT2D eigenvalue weighted by molar-refractivity contribution is 7.84. The fourth-order valence-corrected chi connectivity index (χ4v) is 6.63. The van der Waals surface area contributed by atoms with Gasteiger partial charge in [-0.15, -0.1) is 11.3 Å². The summed E-state index contributed by atoms with van der Waals surface area (Å²) in [6.45, 7) is 0.706. The van der Waals surface area contributed by atoms with Crippen LogP contribution in [-0.2, 0) is 25.1 Å². The molecule has 0 unspecified atom stereocenters. The maximum Gasteiger partial charge on any atom is 0.333 e. The van der Waals surface area contributed by atoms with Gasteiger partial charge in [-0.1, -0.05) is 17.7 Å². The summed E-state index contributed by atoms with van der Waals surface area (Å²) in [7, 11) is -4.14. The van der Waals surface area contributed by atoms with Crippen molar-refractivity contribution in [3.05, 3.63) is 73.8 Å². The van der Waals surface area contributed by atoms with Gasteiger partial charge in [0.15, 0.2) is 0 Å². The molecule has 0 radical (unpaired) electrons. The van der Waals surface area contributed by atoms with Gasteiger partial charge >= 0.3 is 10.3 Å². The van der Waals surface area contributed by atoms with E-state index in [-0.39, 0.29) is 47.4 Å². The number of alkyl halides is 2. The van der Waals surface area contributed by atoms with E-state index in [0.29, 0.717) is 26.8 Å². The largest absolute Gasteiger partial charge is 0.393 e. The molecule has 1 aliphatic heterocycles. The van der Waals surface area contributed by atoms with Crippen LogP contribution < -0.4 is 10.5 Å². The van der Waals surface area contributed by atoms with Gasteiger partial charge in [-0.25, -0.2) is 15.1 Å². The van der Waals surface area contributed by atoms with Crippen molar-refractivity contribution in [2.24, 2.45) is 11.1 Å².